The van der Waals surface area contributed by atoms with E-state index in [1.165, 1.54) is 29.2 Å². The van der Waals surface area contributed by atoms with E-state index >= 15 is 0 Å². The predicted molar refractivity (Wildman–Crippen MR) is 325 cm³/mol. The number of benzene rings is 4. The van der Waals surface area contributed by atoms with Gasteiger partial charge in [0.05, 0.1) is 38.9 Å². The lowest BCUT2D eigenvalue weighted by molar-refractivity contribution is -0.144. The Balaban J connectivity index is 0.803. The first-order chi connectivity index (χ1) is 40.7. The first kappa shape index (κ1) is 62.8. The zero-order chi connectivity index (χ0) is 61.9. The summed E-state index contributed by atoms with van der Waals surface area (Å²) >= 11 is 8.52. The molecule has 21 nitrogen and oxygen atoms in total. The summed E-state index contributed by atoms with van der Waals surface area (Å²) in [7, 11) is -5.06. The van der Waals surface area contributed by atoms with Crippen LogP contribution in [-0.2, 0) is 52.6 Å². The van der Waals surface area contributed by atoms with Crippen LogP contribution in [0.4, 0.5) is 5.69 Å². The zero-order valence-electron chi connectivity index (χ0n) is 48.6. The molecule has 454 valence electrons. The molecule has 6 aromatic rings. The second-order valence-corrected chi connectivity index (χ2v) is 26.4. The number of anilines is 1. The van der Waals surface area contributed by atoms with Gasteiger partial charge in [-0.2, -0.15) is 0 Å². The Morgan fingerprint density at radius 2 is 1.65 bits per heavy atom. The highest BCUT2D eigenvalue weighted by Crippen LogP contribution is 2.41. The van der Waals surface area contributed by atoms with E-state index in [1.807, 2.05) is 89.5 Å². The molecule has 86 heavy (non-hydrogen) atoms. The normalized spacial score (nSPS) is 18.6. The largest absolute Gasteiger partial charge is 0.490 e. The molecule has 2 aromatic heterocycles. The number of hydrogen-bond donors (Lipinski definition) is 8. The number of halogens is 1. The number of thiazole rings is 1. The fourth-order valence-corrected chi connectivity index (χ4v) is 13.1. The molecular formula is C62H71ClN9O12PS. The maximum Gasteiger partial charge on any atom is 0.396 e. The summed E-state index contributed by atoms with van der Waals surface area (Å²) in [6.45, 7) is 11.7. The highest BCUT2D eigenvalue weighted by molar-refractivity contribution is 7.70. The van der Waals surface area contributed by atoms with Crippen molar-refractivity contribution in [2.75, 3.05) is 18.1 Å². The molecule has 9 N–H and O–H groups in total. The highest BCUT2D eigenvalue weighted by atomic mass is 35.5. The second-order valence-electron chi connectivity index (χ2n) is 23.7. The average Bonchev–Trinajstić information content (AvgIpc) is 1.69. The minimum atomic E-state index is -5.06. The van der Waals surface area contributed by atoms with Crippen LogP contribution in [0.1, 0.15) is 128 Å². The molecule has 0 aliphatic carbocycles. The summed E-state index contributed by atoms with van der Waals surface area (Å²) in [5.41, 5.74) is 11.3. The summed E-state index contributed by atoms with van der Waals surface area (Å²) in [5, 5.41) is 12.5. The number of rotatable bonds is 22. The molecule has 4 aromatic carbocycles. The number of ether oxygens (including phenoxy) is 1. The van der Waals surface area contributed by atoms with Crippen LogP contribution < -0.4 is 36.6 Å². The number of aromatic nitrogens is 2. The van der Waals surface area contributed by atoms with Crippen molar-refractivity contribution < 1.29 is 57.4 Å². The molecule has 9 rings (SSSR count). The number of hydrogen-bond acceptors (Lipinski definition) is 12. The summed E-state index contributed by atoms with van der Waals surface area (Å²) in [6, 6.07) is 19.2. The Morgan fingerprint density at radius 3 is 2.35 bits per heavy atom. The standard InChI is InChI=1S/C62H71ClN9O12PS/c1-33-26-47(57(76)66-34(2)36-16-18-39(19-17-36)54-35(3)65-32-86-54)71(30-33)60(79)55(62(4,5)6)70-51(74)15-9-11-37-10-8-14-49(52(37)63)84-31-43(22-25-50(64)73)67-58(77)48-29-40-13-7-12-38-20-24-45(59(78)72(48)53(38)40)69-56(75)46-28-42-27-41(21-23-44(42)68-46)61(80)85(81,82)83/h7-8,10,12-14,16-19,21,23,27-28,32-34,43,45,47-48,55,68H,9,11,15,20,22,24-26,29-31H2,1-6H3,(H2,64,73)(H,66,76)(H,67,77)(H,69,75)(H,70,74)(H2,81,82,83)/t33-,34+,43+,45+,47+,48+,55-/m1/s1. The maximum absolute atomic E-state index is 14.6. The van der Waals surface area contributed by atoms with Crippen LogP contribution in [-0.4, -0.2) is 115 Å². The topological polar surface area (TPSA) is 313 Å². The van der Waals surface area contributed by atoms with Gasteiger partial charge in [-0.25, -0.2) is 4.98 Å². The molecule has 0 spiro atoms. The minimum absolute atomic E-state index is 0.0234. The van der Waals surface area contributed by atoms with Gasteiger partial charge >= 0.3 is 7.60 Å². The molecule has 0 saturated carbocycles. The molecule has 0 radical (unpaired) electrons. The average molecular weight is 1230 g/mol. The molecule has 0 bridgehead atoms. The number of primary amides is 1. The molecule has 7 atom stereocenters. The van der Waals surface area contributed by atoms with Gasteiger partial charge in [-0.15, -0.1) is 11.3 Å². The summed E-state index contributed by atoms with van der Waals surface area (Å²) < 4.78 is 17.9. The number of likely N-dealkylation sites (tertiary alicyclic amines) is 1. The Kier molecular flexibility index (Phi) is 19.0. The van der Waals surface area contributed by atoms with E-state index in [0.717, 1.165) is 32.8 Å². The van der Waals surface area contributed by atoms with Crippen molar-refractivity contribution in [3.8, 4) is 16.2 Å². The van der Waals surface area contributed by atoms with Crippen molar-refractivity contribution in [3.63, 3.8) is 0 Å². The fourth-order valence-electron chi connectivity index (χ4n) is 11.5. The molecule has 0 unspecified atom stereocenters. The monoisotopic (exact) mass is 1230 g/mol. The number of nitrogens with one attached hydrogen (secondary N) is 5. The van der Waals surface area contributed by atoms with E-state index in [-0.39, 0.29) is 90.4 Å². The third-order valence-electron chi connectivity index (χ3n) is 16.1. The van der Waals surface area contributed by atoms with Crippen LogP contribution >= 0.6 is 30.5 Å². The summed E-state index contributed by atoms with van der Waals surface area (Å²) in [4.78, 5) is 140. The molecular weight excluding hydrogens is 1160 g/mol. The van der Waals surface area contributed by atoms with Gasteiger partial charge in [-0.05, 0) is 122 Å². The van der Waals surface area contributed by atoms with E-state index in [9.17, 15) is 52.7 Å². The van der Waals surface area contributed by atoms with Crippen LogP contribution in [0, 0.1) is 18.3 Å². The van der Waals surface area contributed by atoms with Crippen LogP contribution in [0.15, 0.2) is 90.4 Å². The lowest BCUT2D eigenvalue weighted by Crippen LogP contribution is -2.57. The van der Waals surface area contributed by atoms with Gasteiger partial charge in [0.25, 0.3) is 11.4 Å². The SMILES string of the molecule is Cc1ncsc1-c1ccc([C@H](C)NC(=O)[C@@H]2C[C@@H](C)CN2C(=O)[C@@H](NC(=O)CCCc2cccc(OC[C@H](CCC(N)=O)NC(=O)[C@@H]3Cc4cccc5c4N3C(=O)[C@@H](NC(=O)c3cc4cc(C(=O)P(=O)(O)O)ccc4[nH]3)CC5)c2Cl)C(C)(C)C)cc1. The second kappa shape index (κ2) is 26.1. The zero-order valence-corrected chi connectivity index (χ0v) is 51.1. The van der Waals surface area contributed by atoms with Gasteiger partial charge < -0.3 is 51.4 Å². The van der Waals surface area contributed by atoms with E-state index in [0.29, 0.717) is 54.4 Å². The number of amides is 7. The third kappa shape index (κ3) is 14.2. The highest BCUT2D eigenvalue weighted by Gasteiger charge is 2.46. The number of aryl methyl sites for hydroxylation is 3. The molecule has 24 heteroatoms. The minimum Gasteiger partial charge on any atom is -0.490 e. The van der Waals surface area contributed by atoms with Gasteiger partial charge in [0.2, 0.25) is 35.4 Å². The van der Waals surface area contributed by atoms with Crippen molar-refractivity contribution in [2.24, 2.45) is 17.1 Å². The summed E-state index contributed by atoms with van der Waals surface area (Å²) in [6.07, 6.45) is 1.97. The quantitative estimate of drug-likeness (QED) is 0.0308. The number of H-pyrrole nitrogens is 1. The van der Waals surface area contributed by atoms with Gasteiger partial charge in [0.1, 0.15) is 42.2 Å². The Bertz CT molecular complexity index is 3670. The summed E-state index contributed by atoms with van der Waals surface area (Å²) in [5.74, 6) is -2.94. The van der Waals surface area contributed by atoms with Crippen LogP contribution in [0.5, 0.6) is 5.75 Å². The van der Waals surface area contributed by atoms with E-state index < -0.39 is 72.4 Å². The van der Waals surface area contributed by atoms with Gasteiger partial charge in [0.15, 0.2) is 0 Å². The predicted octanol–water partition coefficient (Wildman–Crippen LogP) is 7.37. The molecule has 1 saturated heterocycles. The molecule has 7 amide bonds. The Hall–Kier alpha value is -7.75. The van der Waals surface area contributed by atoms with E-state index in [4.69, 9.17) is 22.1 Å². The number of nitrogens with zero attached hydrogens (tertiary/aromatic N) is 3. The van der Waals surface area contributed by atoms with Crippen molar-refractivity contribution >= 4 is 94.0 Å². The smallest absolute Gasteiger partial charge is 0.396 e. The number of carbonyl (C=O) groups is 8. The van der Waals surface area contributed by atoms with E-state index in [1.54, 1.807) is 34.4 Å². The van der Waals surface area contributed by atoms with Gasteiger partial charge in [0, 0.05) is 42.3 Å². The number of aromatic amines is 1. The van der Waals surface area contributed by atoms with E-state index in [2.05, 4.69) is 31.2 Å². The number of para-hydroxylation sites is 1. The molecule has 5 heterocycles. The van der Waals surface area contributed by atoms with Crippen LogP contribution in [0.2, 0.25) is 5.02 Å². The lowest BCUT2D eigenvalue weighted by atomic mass is 9.85. The number of fused-ring (bicyclic) bond motifs is 1. The Labute approximate surface area is 506 Å². The molecule has 1 fully saturated rings. The number of nitrogens with two attached hydrogens (primary N) is 1. The van der Waals surface area contributed by atoms with Crippen molar-refractivity contribution in [1.29, 1.82) is 0 Å². The van der Waals surface area contributed by atoms with Crippen LogP contribution in [0.3, 0.4) is 0 Å². The fraction of sp³-hybridized carbons (Fsp3) is 0.403. The third-order valence-corrected chi connectivity index (χ3v) is 18.3. The Morgan fingerprint density at radius 1 is 0.930 bits per heavy atom. The first-order valence-electron chi connectivity index (χ1n) is 28.6. The van der Waals surface area contributed by atoms with Crippen molar-refractivity contribution in [2.45, 2.75) is 136 Å². The molecule has 3 aliphatic rings. The van der Waals surface area contributed by atoms with Crippen LogP contribution in [0.25, 0.3) is 21.3 Å². The van der Waals surface area contributed by atoms with Crippen molar-refractivity contribution in [1.82, 2.24) is 36.1 Å². The first-order valence-corrected chi connectivity index (χ1v) is 31.5. The van der Waals surface area contributed by atoms with Gasteiger partial charge in [-0.3, -0.25) is 47.8 Å². The lowest BCUT2D eigenvalue weighted by Gasteiger charge is -2.35. The van der Waals surface area contributed by atoms with Crippen molar-refractivity contribution in [3.05, 3.63) is 135 Å². The van der Waals surface area contributed by atoms with Gasteiger partial charge in [-0.1, -0.05) is 93.9 Å². The molecule has 3 aliphatic heterocycles. The number of carbonyl (C=O) groups excluding carboxylic acids is 8. The maximum atomic E-state index is 14.6.